The Bertz CT molecular complexity index is 62.0. The van der Waals surface area contributed by atoms with E-state index >= 15 is 0 Å². The van der Waals surface area contributed by atoms with Crippen LogP contribution in [0.1, 0.15) is 0 Å². The Labute approximate surface area is 46.1 Å². The van der Waals surface area contributed by atoms with Crippen molar-refractivity contribution < 1.29 is 15.9 Å². The maximum atomic E-state index is 4.97. The molecule has 0 heterocycles. The first-order valence-corrected chi connectivity index (χ1v) is 2.31. The minimum absolute atomic E-state index is 1.48. The van der Waals surface area contributed by atoms with E-state index in [0.29, 0.717) is 0 Å². The van der Waals surface area contributed by atoms with Crippen molar-refractivity contribution >= 4 is 4.88 Å². The summed E-state index contributed by atoms with van der Waals surface area (Å²) < 4.78 is 0. The number of hydrogen-bond acceptors (Lipinski definition) is 0. The van der Waals surface area contributed by atoms with Crippen LogP contribution in [-0.2, 0) is 15.9 Å². The van der Waals surface area contributed by atoms with E-state index in [2.05, 4.69) is 15.9 Å². The van der Waals surface area contributed by atoms with Crippen molar-refractivity contribution in [2.75, 3.05) is 0 Å². The average Bonchev–Trinajstić information content (AvgIpc) is 1.61. The molecular weight excluding hydrogens is 112 g/mol. The third kappa shape index (κ3) is 3.88. The van der Waals surface area contributed by atoms with Crippen LogP contribution >= 0.6 is 0 Å². The van der Waals surface area contributed by atoms with Crippen LogP contribution in [0.4, 0.5) is 0 Å². The van der Waals surface area contributed by atoms with Crippen LogP contribution in [0.5, 0.6) is 0 Å². The third-order valence-corrected chi connectivity index (χ3v) is 0.546. The zero-order chi connectivity index (χ0) is 4.83. The third-order valence-electron chi connectivity index (χ3n) is 0.301. The van der Waals surface area contributed by atoms with Gasteiger partial charge in [0.15, 0.2) is 0 Å². The van der Waals surface area contributed by atoms with Gasteiger partial charge in [0, 0.05) is 0 Å². The molecular formula is C5H5Cr-. The summed E-state index contributed by atoms with van der Waals surface area (Å²) >= 11 is 2.69. The fraction of sp³-hybridized carbons (Fsp3) is 0. The normalized spacial score (nSPS) is 8.67. The molecule has 1 heteroatoms. The van der Waals surface area contributed by atoms with E-state index in [4.69, 9.17) is 6.58 Å². The number of allylic oxidation sites excluding steroid dienone is 3. The molecule has 0 aliphatic heterocycles. The Balaban J connectivity index is 3.17. The van der Waals surface area contributed by atoms with Crippen molar-refractivity contribution in [3.63, 3.8) is 0 Å². The van der Waals surface area contributed by atoms with Crippen molar-refractivity contribution in [1.29, 1.82) is 0 Å². The van der Waals surface area contributed by atoms with Gasteiger partial charge >= 0.3 is 45.5 Å². The molecule has 0 aromatic carbocycles. The Morgan fingerprint density at radius 3 is 2.17 bits per heavy atom. The second-order valence-corrected chi connectivity index (χ2v) is 1.14. The molecule has 0 amide bonds. The monoisotopic (exact) mass is 117 g/mol. The van der Waals surface area contributed by atoms with Gasteiger partial charge in [-0.3, -0.25) is 0 Å². The summed E-state index contributed by atoms with van der Waals surface area (Å²) in [7, 11) is 0. The Morgan fingerprint density at radius 2 is 2.00 bits per heavy atom. The fourth-order valence-electron chi connectivity index (χ4n) is 0.110. The van der Waals surface area contributed by atoms with E-state index in [9.17, 15) is 0 Å². The van der Waals surface area contributed by atoms with Gasteiger partial charge in [-0.2, -0.15) is 0 Å². The van der Waals surface area contributed by atoms with Gasteiger partial charge in [-0.1, -0.05) is 0 Å². The van der Waals surface area contributed by atoms with Crippen LogP contribution in [0.15, 0.2) is 18.2 Å². The Kier molecular flexibility index (Phi) is 4.79. The summed E-state index contributed by atoms with van der Waals surface area (Å²) in [4.78, 5) is 1.80. The van der Waals surface area contributed by atoms with Crippen LogP contribution < -0.4 is 0 Å². The van der Waals surface area contributed by atoms with E-state index in [1.54, 1.807) is 11.0 Å². The molecule has 0 saturated carbocycles. The molecule has 32 valence electrons. The Morgan fingerprint density at radius 1 is 1.33 bits per heavy atom. The zero-order valence-electron chi connectivity index (χ0n) is 3.29. The van der Waals surface area contributed by atoms with Crippen molar-refractivity contribution in [1.82, 2.24) is 0 Å². The van der Waals surface area contributed by atoms with Crippen LogP contribution in [0.25, 0.3) is 0 Å². The summed E-state index contributed by atoms with van der Waals surface area (Å²) in [5, 5.41) is 0. The topological polar surface area (TPSA) is 0 Å². The predicted molar refractivity (Wildman–Crippen MR) is 24.1 cm³/mol. The van der Waals surface area contributed by atoms with Gasteiger partial charge in [-0.25, -0.2) is 0 Å². The van der Waals surface area contributed by atoms with Gasteiger partial charge in [-0.15, -0.1) is 0 Å². The molecule has 0 aromatic rings. The maximum absolute atomic E-state index is 4.97. The second kappa shape index (κ2) is 4.88. The molecule has 0 rings (SSSR count). The minimum atomic E-state index is 1.48. The molecule has 0 aromatic heterocycles. The summed E-state index contributed by atoms with van der Waals surface area (Å²) in [6.07, 6.45) is 5.05. The van der Waals surface area contributed by atoms with Crippen LogP contribution in [-0.4, -0.2) is 4.88 Å². The predicted octanol–water partition coefficient (Wildman–Crippen LogP) is 0.881. The standard InChI is InChI=1S/C5H5.Cr/c1-3-5-4-2;/h1-5H;/q-1;/b5-3-;. The van der Waals surface area contributed by atoms with Crippen LogP contribution in [0.2, 0.25) is 0 Å². The molecule has 0 N–H and O–H groups in total. The van der Waals surface area contributed by atoms with Crippen LogP contribution in [0.3, 0.4) is 0 Å². The second-order valence-electron chi connectivity index (χ2n) is 0.713. The van der Waals surface area contributed by atoms with Gasteiger partial charge < -0.3 is 0 Å². The average molecular weight is 117 g/mol. The summed E-state index contributed by atoms with van der Waals surface area (Å²) in [5.74, 6) is 0. The number of rotatable bonds is 2. The SMILES string of the molecule is [CH-]=C/C=C\[CH]=[Cr]. The van der Waals surface area contributed by atoms with Crippen molar-refractivity contribution in [2.24, 2.45) is 0 Å². The van der Waals surface area contributed by atoms with E-state index in [-0.39, 0.29) is 0 Å². The van der Waals surface area contributed by atoms with Gasteiger partial charge in [0.2, 0.25) is 0 Å². The van der Waals surface area contributed by atoms with E-state index in [1.807, 2.05) is 6.08 Å². The molecule has 0 aliphatic carbocycles. The van der Waals surface area contributed by atoms with Crippen molar-refractivity contribution in [2.45, 2.75) is 0 Å². The summed E-state index contributed by atoms with van der Waals surface area (Å²) in [5.41, 5.74) is 0. The summed E-state index contributed by atoms with van der Waals surface area (Å²) in [6.45, 7) is 4.97. The van der Waals surface area contributed by atoms with Crippen LogP contribution in [0, 0.1) is 6.58 Å². The molecule has 0 saturated heterocycles. The molecule has 0 atom stereocenters. The molecule has 0 fully saturated rings. The van der Waals surface area contributed by atoms with Gasteiger partial charge in [0.25, 0.3) is 0 Å². The molecule has 0 radical (unpaired) electrons. The zero-order valence-corrected chi connectivity index (χ0v) is 4.57. The van der Waals surface area contributed by atoms with Gasteiger partial charge in [-0.05, 0) is 0 Å². The summed E-state index contributed by atoms with van der Waals surface area (Å²) in [6, 6.07) is 0. The first-order chi connectivity index (χ1) is 2.91. The molecule has 0 spiro atoms. The van der Waals surface area contributed by atoms with E-state index in [1.165, 1.54) is 6.08 Å². The molecule has 0 nitrogen and oxygen atoms in total. The first-order valence-electron chi connectivity index (χ1n) is 1.57. The number of hydrogen-bond donors (Lipinski definition) is 0. The molecule has 0 unspecified atom stereocenters. The van der Waals surface area contributed by atoms with Crippen molar-refractivity contribution in [3.05, 3.63) is 24.8 Å². The Hall–Kier alpha value is -0.118. The van der Waals surface area contributed by atoms with E-state index in [0.717, 1.165) is 0 Å². The molecule has 6 heavy (non-hydrogen) atoms. The first kappa shape index (κ1) is 5.88. The molecule has 0 aliphatic rings. The van der Waals surface area contributed by atoms with Gasteiger partial charge in [0.05, 0.1) is 0 Å². The molecule has 0 bridgehead atoms. The quantitative estimate of drug-likeness (QED) is 0.372. The van der Waals surface area contributed by atoms with E-state index < -0.39 is 0 Å². The fourth-order valence-corrected chi connectivity index (χ4v) is 0.251. The van der Waals surface area contributed by atoms with Crippen molar-refractivity contribution in [3.8, 4) is 0 Å². The van der Waals surface area contributed by atoms with Gasteiger partial charge in [0.1, 0.15) is 0 Å².